The zero-order chi connectivity index (χ0) is 23.8. The van der Waals surface area contributed by atoms with E-state index in [0.29, 0.717) is 23.7 Å². The Morgan fingerprint density at radius 3 is 2.24 bits per heavy atom. The number of halogens is 1. The van der Waals surface area contributed by atoms with Crippen molar-refractivity contribution in [2.45, 2.75) is 57.8 Å². The van der Waals surface area contributed by atoms with Gasteiger partial charge < -0.3 is 24.8 Å². The van der Waals surface area contributed by atoms with Crippen LogP contribution in [0.5, 0.6) is 0 Å². The maximum atomic E-state index is 13.1. The Morgan fingerprint density at radius 2 is 1.64 bits per heavy atom. The van der Waals surface area contributed by atoms with Crippen LogP contribution in [-0.4, -0.2) is 42.8 Å². The van der Waals surface area contributed by atoms with Crippen LogP contribution >= 0.6 is 11.6 Å². The molecule has 2 heterocycles. The Bertz CT molecular complexity index is 1010. The topological polar surface area (TPSA) is 79.9 Å². The summed E-state index contributed by atoms with van der Waals surface area (Å²) in [6.45, 7) is 8.67. The second-order valence-corrected chi connectivity index (χ2v) is 9.91. The molecule has 2 N–H and O–H groups in total. The fourth-order valence-corrected chi connectivity index (χ4v) is 4.04. The highest BCUT2D eigenvalue weighted by molar-refractivity contribution is 6.62. The van der Waals surface area contributed by atoms with Crippen LogP contribution in [0, 0.1) is 0 Å². The van der Waals surface area contributed by atoms with Crippen molar-refractivity contribution in [1.82, 2.24) is 5.32 Å². The lowest BCUT2D eigenvalue weighted by Gasteiger charge is -2.32. The second-order valence-electron chi connectivity index (χ2n) is 9.47. The van der Waals surface area contributed by atoms with Gasteiger partial charge in [0.15, 0.2) is 0 Å². The van der Waals surface area contributed by atoms with Gasteiger partial charge in [0.1, 0.15) is 6.04 Å². The molecule has 0 radical (unpaired) electrons. The molecular weight excluding hydrogens is 441 g/mol. The molecule has 1 atom stereocenters. The third-order valence-corrected chi connectivity index (χ3v) is 6.83. The number of urea groups is 1. The lowest BCUT2D eigenvalue weighted by Crippen LogP contribution is -2.53. The number of carbonyl (C=O) groups excluding carboxylic acids is 2. The molecule has 0 aromatic heterocycles. The summed E-state index contributed by atoms with van der Waals surface area (Å²) < 4.78 is 12.2. The highest BCUT2D eigenvalue weighted by atomic mass is 35.5. The van der Waals surface area contributed by atoms with Gasteiger partial charge in [0.25, 0.3) is 0 Å². The fourth-order valence-electron chi connectivity index (χ4n) is 3.91. The summed E-state index contributed by atoms with van der Waals surface area (Å²) in [7, 11) is -0.452. The van der Waals surface area contributed by atoms with Crippen LogP contribution in [0.3, 0.4) is 0 Å². The molecule has 33 heavy (non-hydrogen) atoms. The summed E-state index contributed by atoms with van der Waals surface area (Å²) in [6, 6.07) is 13.4. The maximum absolute atomic E-state index is 13.1. The summed E-state index contributed by atoms with van der Waals surface area (Å²) in [4.78, 5) is 27.2. The van der Waals surface area contributed by atoms with Crippen molar-refractivity contribution in [3.63, 3.8) is 0 Å². The number of hydrogen-bond donors (Lipinski definition) is 2. The molecule has 2 aliphatic heterocycles. The lowest BCUT2D eigenvalue weighted by atomic mass is 9.79. The number of hydrogen-bond acceptors (Lipinski definition) is 4. The maximum Gasteiger partial charge on any atom is 0.494 e. The number of carbonyl (C=O) groups is 2. The number of rotatable bonds is 4. The van der Waals surface area contributed by atoms with E-state index in [0.717, 1.165) is 17.6 Å². The van der Waals surface area contributed by atoms with Crippen molar-refractivity contribution in [2.24, 2.45) is 0 Å². The minimum atomic E-state index is -0.589. The van der Waals surface area contributed by atoms with Crippen molar-refractivity contribution in [1.29, 1.82) is 0 Å². The molecule has 7 nitrogen and oxygen atoms in total. The molecule has 0 unspecified atom stereocenters. The van der Waals surface area contributed by atoms with Crippen LogP contribution in [0.25, 0.3) is 0 Å². The predicted octanol–water partition coefficient (Wildman–Crippen LogP) is 3.96. The first-order chi connectivity index (χ1) is 15.6. The number of nitrogens with zero attached hydrogens (tertiary/aromatic N) is 1. The molecule has 0 saturated carbocycles. The number of amides is 3. The molecule has 2 aromatic rings. The van der Waals surface area contributed by atoms with Gasteiger partial charge in [-0.25, -0.2) is 4.79 Å². The van der Waals surface area contributed by atoms with Gasteiger partial charge in [0.2, 0.25) is 5.91 Å². The van der Waals surface area contributed by atoms with Crippen LogP contribution in [-0.2, 0) is 14.1 Å². The normalized spacial score (nSPS) is 21.7. The molecule has 0 bridgehead atoms. The first-order valence-electron chi connectivity index (χ1n) is 11.2. The Balaban J connectivity index is 1.39. The standard InChI is InChI=1S/C24H29BClN3O4/c1-23(2)24(3,4)33-25(32-23)16-7-13-19(14-8-16)29-15-5-6-20(21(29)30)28-22(31)27-18-11-9-17(26)10-12-18/h7-14,20H,5-6,15H2,1-4H3,(H2,27,28,31)/t20-/m1/s1. The Labute approximate surface area is 199 Å². The number of benzene rings is 2. The van der Waals surface area contributed by atoms with E-state index in [9.17, 15) is 9.59 Å². The van der Waals surface area contributed by atoms with Gasteiger partial charge in [0.05, 0.1) is 11.2 Å². The van der Waals surface area contributed by atoms with Crippen molar-refractivity contribution in [2.75, 3.05) is 16.8 Å². The zero-order valence-electron chi connectivity index (χ0n) is 19.4. The van der Waals surface area contributed by atoms with E-state index < -0.39 is 30.4 Å². The number of piperidine rings is 1. The molecule has 3 amide bonds. The van der Waals surface area contributed by atoms with E-state index in [1.165, 1.54) is 0 Å². The second kappa shape index (κ2) is 9.01. The molecule has 4 rings (SSSR count). The minimum absolute atomic E-state index is 0.129. The quantitative estimate of drug-likeness (QED) is 0.664. The van der Waals surface area contributed by atoms with Gasteiger partial charge in [-0.2, -0.15) is 0 Å². The Hall–Kier alpha value is -2.55. The van der Waals surface area contributed by atoms with Crippen molar-refractivity contribution in [3.05, 3.63) is 53.6 Å². The largest absolute Gasteiger partial charge is 0.494 e. The summed E-state index contributed by atoms with van der Waals surface area (Å²) in [6.07, 6.45) is 1.38. The van der Waals surface area contributed by atoms with Crippen LogP contribution in [0.15, 0.2) is 48.5 Å². The zero-order valence-corrected chi connectivity index (χ0v) is 20.1. The molecule has 9 heteroatoms. The highest BCUT2D eigenvalue weighted by Crippen LogP contribution is 2.36. The van der Waals surface area contributed by atoms with E-state index in [1.807, 2.05) is 52.0 Å². The molecule has 2 fully saturated rings. The van der Waals surface area contributed by atoms with E-state index >= 15 is 0 Å². The third kappa shape index (κ3) is 5.03. The van der Waals surface area contributed by atoms with Crippen LogP contribution < -0.4 is 21.0 Å². The van der Waals surface area contributed by atoms with E-state index in [2.05, 4.69) is 10.6 Å². The van der Waals surface area contributed by atoms with Gasteiger partial charge in [-0.15, -0.1) is 0 Å². The molecule has 2 aromatic carbocycles. The van der Waals surface area contributed by atoms with Crippen molar-refractivity contribution < 1.29 is 18.9 Å². The van der Waals surface area contributed by atoms with Gasteiger partial charge in [-0.3, -0.25) is 4.79 Å². The molecular formula is C24H29BClN3O4. The lowest BCUT2D eigenvalue weighted by molar-refractivity contribution is -0.121. The van der Waals surface area contributed by atoms with E-state index in [4.69, 9.17) is 20.9 Å². The number of nitrogens with one attached hydrogen (secondary N) is 2. The third-order valence-electron chi connectivity index (χ3n) is 6.58. The molecule has 174 valence electrons. The summed E-state index contributed by atoms with van der Waals surface area (Å²) >= 11 is 5.88. The van der Waals surface area contributed by atoms with Crippen LogP contribution in [0.4, 0.5) is 16.2 Å². The van der Waals surface area contributed by atoms with Crippen molar-refractivity contribution in [3.8, 4) is 0 Å². The summed E-state index contributed by atoms with van der Waals surface area (Å²) in [5, 5.41) is 6.11. The van der Waals surface area contributed by atoms with E-state index in [1.54, 1.807) is 29.2 Å². The average molecular weight is 470 g/mol. The van der Waals surface area contributed by atoms with Crippen LogP contribution in [0.1, 0.15) is 40.5 Å². The smallest absolute Gasteiger partial charge is 0.399 e. The van der Waals surface area contributed by atoms with Gasteiger partial charge in [0, 0.05) is 22.9 Å². The summed E-state index contributed by atoms with van der Waals surface area (Å²) in [5.74, 6) is -0.129. The monoisotopic (exact) mass is 469 g/mol. The first kappa shape index (κ1) is 23.6. The number of anilines is 2. The molecule has 0 spiro atoms. The van der Waals surface area contributed by atoms with Gasteiger partial charge >= 0.3 is 13.1 Å². The Kier molecular flexibility index (Phi) is 6.44. The molecule has 2 aliphatic rings. The molecule has 0 aliphatic carbocycles. The van der Waals surface area contributed by atoms with Gasteiger partial charge in [-0.05, 0) is 82.4 Å². The average Bonchev–Trinajstić information content (AvgIpc) is 2.98. The molecule has 2 saturated heterocycles. The minimum Gasteiger partial charge on any atom is -0.399 e. The Morgan fingerprint density at radius 1 is 1.03 bits per heavy atom. The fraction of sp³-hybridized carbons (Fsp3) is 0.417. The van der Waals surface area contributed by atoms with Gasteiger partial charge in [-0.1, -0.05) is 23.7 Å². The first-order valence-corrected chi connectivity index (χ1v) is 11.5. The predicted molar refractivity (Wildman–Crippen MR) is 131 cm³/mol. The van der Waals surface area contributed by atoms with E-state index in [-0.39, 0.29) is 5.91 Å². The summed E-state index contributed by atoms with van der Waals surface area (Å²) in [5.41, 5.74) is 1.47. The van der Waals surface area contributed by atoms with Crippen LogP contribution in [0.2, 0.25) is 5.02 Å². The highest BCUT2D eigenvalue weighted by Gasteiger charge is 2.51. The SMILES string of the molecule is CC1(C)OB(c2ccc(N3CCC[C@@H](NC(=O)Nc4ccc(Cl)cc4)C3=O)cc2)OC1(C)C. The van der Waals surface area contributed by atoms with Crippen molar-refractivity contribution >= 4 is 47.5 Å².